The molecule has 0 saturated heterocycles. The maximum Gasteiger partial charge on any atom is 0.258 e. The van der Waals surface area contributed by atoms with Crippen LogP contribution in [0.25, 0.3) is 0 Å². The molecule has 0 radical (unpaired) electrons. The van der Waals surface area contributed by atoms with E-state index in [1.54, 1.807) is 42.5 Å². The lowest BCUT2D eigenvalue weighted by molar-refractivity contribution is -0.115. The number of benzene rings is 4. The van der Waals surface area contributed by atoms with Crippen LogP contribution in [0.2, 0.25) is 0 Å². The minimum Gasteiger partial charge on any atom is -0.326 e. The Labute approximate surface area is 202 Å². The van der Waals surface area contributed by atoms with Crippen LogP contribution in [0.15, 0.2) is 97.1 Å². The molecule has 4 aromatic carbocycles. The number of nitrogens with one attached hydrogen (secondary N) is 1. The number of amides is 2. The Balaban J connectivity index is 1.54. The van der Waals surface area contributed by atoms with Crippen molar-refractivity contribution in [2.24, 2.45) is 0 Å². The van der Waals surface area contributed by atoms with Crippen LogP contribution in [0, 0.1) is 18.6 Å². The van der Waals surface area contributed by atoms with Crippen LogP contribution in [0.4, 0.5) is 20.2 Å². The van der Waals surface area contributed by atoms with Gasteiger partial charge in [-0.15, -0.1) is 0 Å². The third kappa shape index (κ3) is 6.38. The highest BCUT2D eigenvalue weighted by atomic mass is 19.1. The second-order valence-corrected chi connectivity index (χ2v) is 8.29. The van der Waals surface area contributed by atoms with Gasteiger partial charge in [-0.3, -0.25) is 9.59 Å². The first-order chi connectivity index (χ1) is 16.9. The number of rotatable bonds is 7. The van der Waals surface area contributed by atoms with Crippen LogP contribution < -0.4 is 10.2 Å². The molecular weight excluding hydrogens is 446 g/mol. The van der Waals surface area contributed by atoms with Gasteiger partial charge in [-0.2, -0.15) is 0 Å². The van der Waals surface area contributed by atoms with E-state index in [0.29, 0.717) is 5.69 Å². The van der Waals surface area contributed by atoms with Crippen molar-refractivity contribution in [1.82, 2.24) is 0 Å². The number of hydrogen-bond acceptors (Lipinski definition) is 2. The molecular formula is C29H24F2N2O2. The molecule has 0 aliphatic carbocycles. The van der Waals surface area contributed by atoms with Gasteiger partial charge in [-0.1, -0.05) is 42.5 Å². The smallest absolute Gasteiger partial charge is 0.258 e. The molecule has 1 N–H and O–H groups in total. The van der Waals surface area contributed by atoms with E-state index in [2.05, 4.69) is 5.32 Å². The Bertz CT molecular complexity index is 1340. The molecule has 0 heterocycles. The Hall–Kier alpha value is -4.32. The summed E-state index contributed by atoms with van der Waals surface area (Å²) in [6, 6.07) is 26.0. The van der Waals surface area contributed by atoms with Crippen molar-refractivity contribution in [1.29, 1.82) is 0 Å². The lowest BCUT2D eigenvalue weighted by Gasteiger charge is -2.23. The van der Waals surface area contributed by atoms with Gasteiger partial charge in [-0.05, 0) is 78.2 Å². The normalized spacial score (nSPS) is 10.6. The van der Waals surface area contributed by atoms with E-state index >= 15 is 0 Å². The van der Waals surface area contributed by atoms with Gasteiger partial charge in [0.2, 0.25) is 5.91 Å². The predicted molar refractivity (Wildman–Crippen MR) is 133 cm³/mol. The molecule has 0 saturated carbocycles. The Morgan fingerprint density at radius 2 is 1.46 bits per heavy atom. The summed E-state index contributed by atoms with van der Waals surface area (Å²) in [5.41, 5.74) is 4.06. The summed E-state index contributed by atoms with van der Waals surface area (Å²) in [5, 5.41) is 2.88. The van der Waals surface area contributed by atoms with Gasteiger partial charge in [0.1, 0.15) is 11.6 Å². The summed E-state index contributed by atoms with van der Waals surface area (Å²) in [6.45, 7) is 2.13. The molecule has 0 spiro atoms. The van der Waals surface area contributed by atoms with Crippen molar-refractivity contribution >= 4 is 23.2 Å². The predicted octanol–water partition coefficient (Wildman–Crippen LogP) is 6.30. The fourth-order valence-corrected chi connectivity index (χ4v) is 3.74. The summed E-state index contributed by atoms with van der Waals surface area (Å²) < 4.78 is 27.1. The summed E-state index contributed by atoms with van der Waals surface area (Å²) in [4.78, 5) is 27.2. The molecule has 0 aliphatic rings. The maximum atomic E-state index is 13.8. The molecule has 35 heavy (non-hydrogen) atoms. The van der Waals surface area contributed by atoms with Crippen molar-refractivity contribution in [2.45, 2.75) is 19.9 Å². The molecule has 2 amide bonds. The second-order valence-electron chi connectivity index (χ2n) is 8.29. The third-order valence-electron chi connectivity index (χ3n) is 5.49. The van der Waals surface area contributed by atoms with E-state index in [9.17, 15) is 18.4 Å². The van der Waals surface area contributed by atoms with E-state index in [1.165, 1.54) is 35.2 Å². The van der Waals surface area contributed by atoms with Crippen molar-refractivity contribution in [3.05, 3.63) is 131 Å². The first-order valence-corrected chi connectivity index (χ1v) is 11.1. The molecule has 4 nitrogen and oxygen atoms in total. The topological polar surface area (TPSA) is 49.4 Å². The summed E-state index contributed by atoms with van der Waals surface area (Å²) in [6.07, 6.45) is 0.171. The second kappa shape index (κ2) is 10.7. The van der Waals surface area contributed by atoms with E-state index in [-0.39, 0.29) is 30.3 Å². The summed E-state index contributed by atoms with van der Waals surface area (Å²) >= 11 is 0. The highest BCUT2D eigenvalue weighted by Gasteiger charge is 2.19. The van der Waals surface area contributed by atoms with Crippen molar-refractivity contribution < 1.29 is 18.4 Å². The van der Waals surface area contributed by atoms with Crippen LogP contribution >= 0.6 is 0 Å². The lowest BCUT2D eigenvalue weighted by Crippen LogP contribution is -2.30. The van der Waals surface area contributed by atoms with Crippen LogP contribution in [-0.2, 0) is 17.8 Å². The van der Waals surface area contributed by atoms with Crippen LogP contribution in [0.3, 0.4) is 0 Å². The van der Waals surface area contributed by atoms with Gasteiger partial charge < -0.3 is 10.2 Å². The van der Waals surface area contributed by atoms with E-state index < -0.39 is 11.7 Å². The largest absolute Gasteiger partial charge is 0.326 e. The van der Waals surface area contributed by atoms with Crippen molar-refractivity contribution in [3.8, 4) is 0 Å². The number of nitrogens with zero attached hydrogens (tertiary/aromatic N) is 1. The summed E-state index contributed by atoms with van der Waals surface area (Å²) in [5.74, 6) is -1.42. The van der Waals surface area contributed by atoms with E-state index in [1.807, 2.05) is 31.2 Å². The average Bonchev–Trinajstić information content (AvgIpc) is 2.84. The number of halogens is 2. The molecule has 0 unspecified atom stereocenters. The van der Waals surface area contributed by atoms with Gasteiger partial charge >= 0.3 is 0 Å². The fraction of sp³-hybridized carbons (Fsp3) is 0.103. The maximum absolute atomic E-state index is 13.8. The summed E-state index contributed by atoms with van der Waals surface area (Å²) in [7, 11) is 0. The number of anilines is 2. The molecule has 4 aromatic rings. The third-order valence-corrected chi connectivity index (χ3v) is 5.49. The monoisotopic (exact) mass is 470 g/mol. The van der Waals surface area contributed by atoms with Gasteiger partial charge in [-0.25, -0.2) is 8.78 Å². The molecule has 0 bridgehead atoms. The lowest BCUT2D eigenvalue weighted by atomic mass is 10.1. The molecule has 176 valence electrons. The Kier molecular flexibility index (Phi) is 7.31. The number of carbonyl (C=O) groups excluding carboxylic acids is 2. The number of carbonyl (C=O) groups is 2. The quantitative estimate of drug-likeness (QED) is 0.345. The zero-order chi connectivity index (χ0) is 24.8. The highest BCUT2D eigenvalue weighted by molar-refractivity contribution is 6.06. The number of hydrogen-bond donors (Lipinski definition) is 1. The molecule has 0 aliphatic heterocycles. The van der Waals surface area contributed by atoms with Crippen LogP contribution in [-0.4, -0.2) is 11.8 Å². The van der Waals surface area contributed by atoms with Gasteiger partial charge in [0.15, 0.2) is 0 Å². The van der Waals surface area contributed by atoms with E-state index in [0.717, 1.165) is 22.4 Å². The fourth-order valence-electron chi connectivity index (χ4n) is 3.74. The highest BCUT2D eigenvalue weighted by Crippen LogP contribution is 2.22. The SMILES string of the molecule is Cc1cccc(NC(=O)Cc2ccc(N(Cc3ccc(F)cc3)C(=O)c3cccc(F)c3)cc2)c1. The van der Waals surface area contributed by atoms with Gasteiger partial charge in [0, 0.05) is 16.9 Å². The first-order valence-electron chi connectivity index (χ1n) is 11.1. The van der Waals surface area contributed by atoms with Crippen LogP contribution in [0.1, 0.15) is 27.0 Å². The minimum absolute atomic E-state index is 0.151. The van der Waals surface area contributed by atoms with Gasteiger partial charge in [0.05, 0.1) is 13.0 Å². The first kappa shape index (κ1) is 23.8. The standard InChI is InChI=1S/C29H24F2N2O2/c1-20-4-2-7-26(16-20)32-28(34)17-21-10-14-27(15-11-21)33(19-22-8-12-24(30)13-9-22)29(35)23-5-3-6-25(31)18-23/h2-16,18H,17,19H2,1H3,(H,32,34). The molecule has 0 fully saturated rings. The zero-order valence-corrected chi connectivity index (χ0v) is 19.2. The Morgan fingerprint density at radius 3 is 2.14 bits per heavy atom. The minimum atomic E-state index is -0.507. The molecule has 4 rings (SSSR count). The van der Waals surface area contributed by atoms with Crippen LogP contribution in [0.5, 0.6) is 0 Å². The van der Waals surface area contributed by atoms with Crippen molar-refractivity contribution in [3.63, 3.8) is 0 Å². The number of aryl methyl sites for hydroxylation is 1. The molecule has 0 atom stereocenters. The Morgan fingerprint density at radius 1 is 0.771 bits per heavy atom. The average molecular weight is 471 g/mol. The molecule has 0 aromatic heterocycles. The zero-order valence-electron chi connectivity index (χ0n) is 19.2. The van der Waals surface area contributed by atoms with Gasteiger partial charge in [0.25, 0.3) is 5.91 Å². The van der Waals surface area contributed by atoms with Crippen molar-refractivity contribution in [2.75, 3.05) is 10.2 Å². The van der Waals surface area contributed by atoms with E-state index in [4.69, 9.17) is 0 Å². The molecule has 6 heteroatoms.